The van der Waals surface area contributed by atoms with Crippen LogP contribution in [-0.2, 0) is 12.8 Å². The topological polar surface area (TPSA) is 57.8 Å². The minimum atomic E-state index is -0.0192. The average Bonchev–Trinajstić information content (AvgIpc) is 2.99. The molecular weight excluding hydrogens is 294 g/mol. The Hall–Kier alpha value is -1.46. The third-order valence-corrected chi connectivity index (χ3v) is 5.92. The smallest absolute Gasteiger partial charge is 0.251 e. The Morgan fingerprint density at radius 3 is 2.86 bits per heavy atom. The lowest BCUT2D eigenvalue weighted by Crippen LogP contribution is -2.28. The summed E-state index contributed by atoms with van der Waals surface area (Å²) in [6, 6.07) is 1.69. The van der Waals surface area contributed by atoms with Crippen molar-refractivity contribution in [3.8, 4) is 11.4 Å². The lowest BCUT2D eigenvalue weighted by atomic mass is 9.93. The van der Waals surface area contributed by atoms with E-state index in [0.29, 0.717) is 5.92 Å². The van der Waals surface area contributed by atoms with Gasteiger partial charge in [0.25, 0.3) is 5.56 Å². The van der Waals surface area contributed by atoms with E-state index in [2.05, 4.69) is 15.7 Å². The molecule has 0 saturated carbocycles. The first-order valence-corrected chi connectivity index (χ1v) is 9.11. The van der Waals surface area contributed by atoms with Gasteiger partial charge in [-0.2, -0.15) is 0 Å². The van der Waals surface area contributed by atoms with Crippen molar-refractivity contribution in [1.82, 2.24) is 15.3 Å². The van der Waals surface area contributed by atoms with Crippen LogP contribution in [-0.4, -0.2) is 23.1 Å². The molecule has 3 heterocycles. The van der Waals surface area contributed by atoms with Gasteiger partial charge in [-0.3, -0.25) is 4.79 Å². The van der Waals surface area contributed by atoms with Gasteiger partial charge in [0.05, 0.1) is 5.69 Å². The lowest BCUT2D eigenvalue weighted by Gasteiger charge is -2.22. The highest BCUT2D eigenvalue weighted by Gasteiger charge is 2.21. The molecule has 2 aliphatic rings. The van der Waals surface area contributed by atoms with Crippen molar-refractivity contribution >= 4 is 11.3 Å². The van der Waals surface area contributed by atoms with Crippen molar-refractivity contribution in [2.45, 2.75) is 44.4 Å². The number of aromatic amines is 1. The van der Waals surface area contributed by atoms with Crippen LogP contribution in [0.4, 0.5) is 0 Å². The molecule has 1 saturated heterocycles. The molecule has 2 N–H and O–H groups in total. The van der Waals surface area contributed by atoms with Crippen LogP contribution in [0.15, 0.2) is 16.2 Å². The quantitative estimate of drug-likeness (QED) is 0.896. The summed E-state index contributed by atoms with van der Waals surface area (Å²) in [5.74, 6) is 1.19. The predicted octanol–water partition coefficient (Wildman–Crippen LogP) is 2.84. The predicted molar refractivity (Wildman–Crippen MR) is 89.7 cm³/mol. The van der Waals surface area contributed by atoms with Crippen LogP contribution in [0, 0.1) is 0 Å². The van der Waals surface area contributed by atoms with Gasteiger partial charge >= 0.3 is 0 Å². The van der Waals surface area contributed by atoms with Crippen LogP contribution in [0.2, 0.25) is 0 Å². The zero-order valence-electron chi connectivity index (χ0n) is 12.7. The highest BCUT2D eigenvalue weighted by atomic mass is 32.1. The second-order valence-electron chi connectivity index (χ2n) is 6.30. The van der Waals surface area contributed by atoms with E-state index in [1.165, 1.54) is 29.7 Å². The molecule has 0 atom stereocenters. The first-order chi connectivity index (χ1) is 10.8. The second kappa shape index (κ2) is 5.97. The summed E-state index contributed by atoms with van der Waals surface area (Å²) in [6.45, 7) is 2.03. The summed E-state index contributed by atoms with van der Waals surface area (Å²) in [4.78, 5) is 21.4. The number of aryl methyl sites for hydroxylation is 1. The molecule has 5 heteroatoms. The van der Waals surface area contributed by atoms with Gasteiger partial charge in [0.1, 0.15) is 5.82 Å². The van der Waals surface area contributed by atoms with Crippen molar-refractivity contribution in [3.63, 3.8) is 0 Å². The summed E-state index contributed by atoms with van der Waals surface area (Å²) in [5, 5.41) is 5.55. The molecule has 2 aromatic heterocycles. The first kappa shape index (κ1) is 14.2. The van der Waals surface area contributed by atoms with Gasteiger partial charge in [0.15, 0.2) is 0 Å². The summed E-state index contributed by atoms with van der Waals surface area (Å²) < 4.78 is 0. The molecule has 0 radical (unpaired) electrons. The number of hydrogen-bond acceptors (Lipinski definition) is 4. The Balaban J connectivity index is 1.74. The molecule has 0 aromatic carbocycles. The molecule has 1 fully saturated rings. The molecule has 2 aromatic rings. The number of nitrogens with zero attached hydrogens (tertiary/aromatic N) is 1. The first-order valence-electron chi connectivity index (χ1n) is 8.23. The molecule has 0 amide bonds. The molecule has 0 spiro atoms. The van der Waals surface area contributed by atoms with Crippen molar-refractivity contribution in [3.05, 3.63) is 37.9 Å². The van der Waals surface area contributed by atoms with Crippen LogP contribution >= 0.6 is 11.3 Å². The fraction of sp³-hybridized carbons (Fsp3) is 0.529. The van der Waals surface area contributed by atoms with Gasteiger partial charge in [-0.15, -0.1) is 11.3 Å². The Labute approximate surface area is 134 Å². The molecule has 1 aliphatic heterocycles. The number of rotatable bonds is 2. The molecule has 116 valence electrons. The fourth-order valence-corrected chi connectivity index (χ4v) is 4.75. The summed E-state index contributed by atoms with van der Waals surface area (Å²) in [7, 11) is 0. The van der Waals surface area contributed by atoms with Crippen molar-refractivity contribution in [2.24, 2.45) is 0 Å². The minimum absolute atomic E-state index is 0.0192. The number of piperidine rings is 1. The second-order valence-corrected chi connectivity index (χ2v) is 7.27. The Bertz CT molecular complexity index is 728. The van der Waals surface area contributed by atoms with Crippen LogP contribution in [0.25, 0.3) is 11.4 Å². The minimum Gasteiger partial charge on any atom is -0.317 e. The molecular formula is C17H21N3OS. The molecule has 0 bridgehead atoms. The molecule has 0 unspecified atom stereocenters. The van der Waals surface area contributed by atoms with Gasteiger partial charge in [-0.1, -0.05) is 0 Å². The largest absolute Gasteiger partial charge is 0.317 e. The van der Waals surface area contributed by atoms with Crippen molar-refractivity contribution < 1.29 is 0 Å². The van der Waals surface area contributed by atoms with Crippen molar-refractivity contribution in [1.29, 1.82) is 0 Å². The third kappa shape index (κ3) is 2.63. The van der Waals surface area contributed by atoms with E-state index in [4.69, 9.17) is 4.98 Å². The van der Waals surface area contributed by atoms with Gasteiger partial charge in [-0.05, 0) is 57.2 Å². The number of H-pyrrole nitrogens is 1. The molecule has 4 rings (SSSR count). The third-order valence-electron chi connectivity index (χ3n) is 4.84. The van der Waals surface area contributed by atoms with Gasteiger partial charge < -0.3 is 10.3 Å². The van der Waals surface area contributed by atoms with E-state index >= 15 is 0 Å². The van der Waals surface area contributed by atoms with Crippen LogP contribution in [0.5, 0.6) is 0 Å². The maximum atomic E-state index is 12.1. The zero-order chi connectivity index (χ0) is 14.9. The molecule has 4 nitrogen and oxygen atoms in total. The van der Waals surface area contributed by atoms with Gasteiger partial charge in [0.2, 0.25) is 0 Å². The Morgan fingerprint density at radius 1 is 1.18 bits per heavy atom. The summed E-state index contributed by atoms with van der Waals surface area (Å²) in [6.07, 6.45) is 6.96. The maximum Gasteiger partial charge on any atom is 0.251 e. The summed E-state index contributed by atoms with van der Waals surface area (Å²) >= 11 is 1.82. The number of nitrogens with one attached hydrogen (secondary N) is 2. The highest BCUT2D eigenvalue weighted by Crippen LogP contribution is 2.35. The van der Waals surface area contributed by atoms with Crippen LogP contribution in [0.1, 0.15) is 47.7 Å². The number of aromatic nitrogens is 2. The average molecular weight is 315 g/mol. The zero-order valence-corrected chi connectivity index (χ0v) is 13.5. The van der Waals surface area contributed by atoms with E-state index in [0.717, 1.165) is 49.4 Å². The summed E-state index contributed by atoms with van der Waals surface area (Å²) in [5.41, 5.74) is 3.53. The van der Waals surface area contributed by atoms with Gasteiger partial charge in [0, 0.05) is 27.8 Å². The SMILES string of the molecule is O=c1cc(C2CCNCC2)nc(-c2csc3c2CCCC3)[nH]1. The fourth-order valence-electron chi connectivity index (χ4n) is 3.62. The van der Waals surface area contributed by atoms with Crippen molar-refractivity contribution in [2.75, 3.05) is 13.1 Å². The van der Waals surface area contributed by atoms with E-state index in [-0.39, 0.29) is 5.56 Å². The Kier molecular flexibility index (Phi) is 3.84. The molecule has 22 heavy (non-hydrogen) atoms. The number of fused-ring (bicyclic) bond motifs is 1. The normalized spacial score (nSPS) is 19.1. The van der Waals surface area contributed by atoms with E-state index < -0.39 is 0 Å². The molecule has 1 aliphatic carbocycles. The lowest BCUT2D eigenvalue weighted by molar-refractivity contribution is 0.452. The van der Waals surface area contributed by atoms with E-state index in [1.54, 1.807) is 6.07 Å². The van der Waals surface area contributed by atoms with Crippen LogP contribution < -0.4 is 10.9 Å². The van der Waals surface area contributed by atoms with E-state index in [9.17, 15) is 4.79 Å². The Morgan fingerprint density at radius 2 is 2.00 bits per heavy atom. The standard InChI is InChI=1S/C17H21N3OS/c21-16-9-14(11-5-7-18-8-6-11)19-17(20-16)13-10-22-15-4-2-1-3-12(13)15/h9-11,18H,1-8H2,(H,19,20,21). The number of thiophene rings is 1. The van der Waals surface area contributed by atoms with Gasteiger partial charge in [-0.25, -0.2) is 4.98 Å². The van der Waals surface area contributed by atoms with E-state index in [1.807, 2.05) is 11.3 Å². The highest BCUT2D eigenvalue weighted by molar-refractivity contribution is 7.10. The van der Waals surface area contributed by atoms with Crippen LogP contribution in [0.3, 0.4) is 0 Å². The maximum absolute atomic E-state index is 12.1. The monoisotopic (exact) mass is 315 g/mol. The number of hydrogen-bond donors (Lipinski definition) is 2.